The predicted octanol–water partition coefficient (Wildman–Crippen LogP) is 0.579. The van der Waals surface area contributed by atoms with Gasteiger partial charge in [0.25, 0.3) is 0 Å². The van der Waals surface area contributed by atoms with Gasteiger partial charge in [-0.3, -0.25) is 10.2 Å². The molecule has 92 valence electrons. The minimum Gasteiger partial charge on any atom is -0.443 e. The highest BCUT2D eigenvalue weighted by atomic mass is 16.6. The van der Waals surface area contributed by atoms with Gasteiger partial charge in [0, 0.05) is 0 Å². The standard InChI is InChI=1S/C10H18N2O4/c1-9(2,3)16-8(14)12-11-7(13)10(4)5-15-6-10/h5-6H2,1-4H3,(H,11,13)(H,12,14). The summed E-state index contributed by atoms with van der Waals surface area (Å²) in [6.45, 7) is 7.74. The zero-order valence-electron chi connectivity index (χ0n) is 10.0. The van der Waals surface area contributed by atoms with Crippen molar-refractivity contribution in [3.8, 4) is 0 Å². The zero-order chi connectivity index (χ0) is 12.4. The summed E-state index contributed by atoms with van der Waals surface area (Å²) in [5.41, 5.74) is 3.37. The maximum Gasteiger partial charge on any atom is 0.426 e. The Hall–Kier alpha value is -1.30. The minimum absolute atomic E-state index is 0.274. The van der Waals surface area contributed by atoms with Gasteiger partial charge in [-0.05, 0) is 27.7 Å². The van der Waals surface area contributed by atoms with Crippen molar-refractivity contribution in [1.82, 2.24) is 10.9 Å². The molecule has 0 bridgehead atoms. The molecule has 0 aromatic carbocycles. The van der Waals surface area contributed by atoms with Crippen LogP contribution in [0.5, 0.6) is 0 Å². The molecule has 0 unspecified atom stereocenters. The lowest BCUT2D eigenvalue weighted by atomic mass is 9.88. The van der Waals surface area contributed by atoms with Crippen molar-refractivity contribution < 1.29 is 19.1 Å². The molecule has 0 aliphatic carbocycles. The summed E-state index contributed by atoms with van der Waals surface area (Å²) in [6.07, 6.45) is -0.676. The average molecular weight is 230 g/mol. The summed E-state index contributed by atoms with van der Waals surface area (Å²) < 4.78 is 9.90. The highest BCUT2D eigenvalue weighted by Crippen LogP contribution is 2.26. The SMILES string of the molecule is CC(C)(C)OC(=O)NNC(=O)C1(C)COC1. The highest BCUT2D eigenvalue weighted by molar-refractivity contribution is 5.84. The number of carbonyl (C=O) groups is 2. The van der Waals surface area contributed by atoms with Crippen LogP contribution in [0.1, 0.15) is 27.7 Å². The van der Waals surface area contributed by atoms with Gasteiger partial charge in [0.2, 0.25) is 5.91 Å². The number of ether oxygens (including phenoxy) is 2. The normalized spacial score (nSPS) is 18.2. The summed E-state index contributed by atoms with van der Waals surface area (Å²) in [7, 11) is 0. The molecule has 0 atom stereocenters. The molecule has 1 aliphatic heterocycles. The van der Waals surface area contributed by atoms with Crippen molar-refractivity contribution in [2.24, 2.45) is 5.41 Å². The average Bonchev–Trinajstić information content (AvgIpc) is 2.07. The molecule has 1 heterocycles. The molecular weight excluding hydrogens is 212 g/mol. The van der Waals surface area contributed by atoms with Crippen LogP contribution in [0, 0.1) is 5.41 Å². The van der Waals surface area contributed by atoms with E-state index >= 15 is 0 Å². The van der Waals surface area contributed by atoms with E-state index < -0.39 is 17.1 Å². The number of hydrazine groups is 1. The van der Waals surface area contributed by atoms with Crippen molar-refractivity contribution in [2.45, 2.75) is 33.3 Å². The maximum atomic E-state index is 11.6. The number of amides is 2. The Morgan fingerprint density at radius 3 is 2.19 bits per heavy atom. The van der Waals surface area contributed by atoms with Gasteiger partial charge in [-0.15, -0.1) is 0 Å². The number of hydrogen-bond acceptors (Lipinski definition) is 4. The van der Waals surface area contributed by atoms with Crippen LogP contribution in [0.4, 0.5) is 4.79 Å². The summed E-state index contributed by atoms with van der Waals surface area (Å²) in [5, 5.41) is 0. The molecule has 0 saturated carbocycles. The Morgan fingerprint density at radius 1 is 1.25 bits per heavy atom. The van der Waals surface area contributed by atoms with Crippen LogP contribution in [0.25, 0.3) is 0 Å². The molecule has 2 N–H and O–H groups in total. The first-order chi connectivity index (χ1) is 7.23. The van der Waals surface area contributed by atoms with Crippen molar-refractivity contribution in [2.75, 3.05) is 13.2 Å². The van der Waals surface area contributed by atoms with E-state index in [-0.39, 0.29) is 5.91 Å². The van der Waals surface area contributed by atoms with E-state index in [4.69, 9.17) is 9.47 Å². The number of rotatable bonds is 1. The monoisotopic (exact) mass is 230 g/mol. The third-order valence-corrected chi connectivity index (χ3v) is 2.07. The molecule has 0 aromatic heterocycles. The molecule has 6 nitrogen and oxygen atoms in total. The third-order valence-electron chi connectivity index (χ3n) is 2.07. The molecule has 1 rings (SSSR count). The van der Waals surface area contributed by atoms with E-state index in [0.717, 1.165) is 0 Å². The van der Waals surface area contributed by atoms with Crippen molar-refractivity contribution >= 4 is 12.0 Å². The van der Waals surface area contributed by atoms with Crippen LogP contribution in [-0.2, 0) is 14.3 Å². The summed E-state index contributed by atoms with van der Waals surface area (Å²) in [6, 6.07) is 0. The second kappa shape index (κ2) is 4.29. The molecule has 0 spiro atoms. The summed E-state index contributed by atoms with van der Waals surface area (Å²) in [5.74, 6) is -0.274. The largest absolute Gasteiger partial charge is 0.443 e. The van der Waals surface area contributed by atoms with Crippen LogP contribution in [0.3, 0.4) is 0 Å². The van der Waals surface area contributed by atoms with Crippen LogP contribution in [-0.4, -0.2) is 30.8 Å². The lowest BCUT2D eigenvalue weighted by molar-refractivity contribution is -0.158. The highest BCUT2D eigenvalue weighted by Gasteiger charge is 2.41. The van der Waals surface area contributed by atoms with Gasteiger partial charge >= 0.3 is 6.09 Å². The number of carbonyl (C=O) groups excluding carboxylic acids is 2. The Bertz CT molecular complexity index is 292. The fourth-order valence-electron chi connectivity index (χ4n) is 1.10. The van der Waals surface area contributed by atoms with Gasteiger partial charge in [-0.1, -0.05) is 0 Å². The van der Waals surface area contributed by atoms with Crippen LogP contribution in [0.2, 0.25) is 0 Å². The molecule has 16 heavy (non-hydrogen) atoms. The smallest absolute Gasteiger partial charge is 0.426 e. The van der Waals surface area contributed by atoms with E-state index in [9.17, 15) is 9.59 Å². The summed E-state index contributed by atoms with van der Waals surface area (Å²) >= 11 is 0. The second-order valence-electron chi connectivity index (χ2n) is 5.13. The second-order valence-corrected chi connectivity index (χ2v) is 5.13. The Morgan fingerprint density at radius 2 is 1.81 bits per heavy atom. The molecule has 1 fully saturated rings. The first-order valence-corrected chi connectivity index (χ1v) is 5.10. The molecule has 6 heteroatoms. The van der Waals surface area contributed by atoms with Gasteiger partial charge in [-0.2, -0.15) is 0 Å². The van der Waals surface area contributed by atoms with E-state index in [0.29, 0.717) is 13.2 Å². The van der Waals surface area contributed by atoms with Crippen molar-refractivity contribution in [3.63, 3.8) is 0 Å². The van der Waals surface area contributed by atoms with E-state index in [1.807, 2.05) is 0 Å². The van der Waals surface area contributed by atoms with Crippen LogP contribution in [0.15, 0.2) is 0 Å². The minimum atomic E-state index is -0.676. The molecule has 1 saturated heterocycles. The Labute approximate surface area is 94.6 Å². The molecule has 0 radical (unpaired) electrons. The first-order valence-electron chi connectivity index (χ1n) is 5.10. The van der Waals surface area contributed by atoms with Crippen molar-refractivity contribution in [3.05, 3.63) is 0 Å². The fourth-order valence-corrected chi connectivity index (χ4v) is 1.10. The Kier molecular flexibility index (Phi) is 3.42. The van der Waals surface area contributed by atoms with Crippen LogP contribution < -0.4 is 10.9 Å². The van der Waals surface area contributed by atoms with Gasteiger partial charge in [0.1, 0.15) is 5.60 Å². The topological polar surface area (TPSA) is 76.7 Å². The van der Waals surface area contributed by atoms with Crippen LogP contribution >= 0.6 is 0 Å². The van der Waals surface area contributed by atoms with Gasteiger partial charge < -0.3 is 9.47 Å². The molecular formula is C10H18N2O4. The van der Waals surface area contributed by atoms with Gasteiger partial charge in [0.15, 0.2) is 0 Å². The maximum absolute atomic E-state index is 11.6. The predicted molar refractivity (Wildman–Crippen MR) is 56.4 cm³/mol. The van der Waals surface area contributed by atoms with E-state index in [1.54, 1.807) is 27.7 Å². The first kappa shape index (κ1) is 12.8. The summed E-state index contributed by atoms with van der Waals surface area (Å²) in [4.78, 5) is 22.8. The molecule has 0 aromatic rings. The molecule has 1 aliphatic rings. The lowest BCUT2D eigenvalue weighted by Crippen LogP contribution is -2.56. The van der Waals surface area contributed by atoms with Gasteiger partial charge in [0.05, 0.1) is 18.6 Å². The lowest BCUT2D eigenvalue weighted by Gasteiger charge is -2.36. The zero-order valence-corrected chi connectivity index (χ0v) is 10.0. The van der Waals surface area contributed by atoms with E-state index in [2.05, 4.69) is 10.9 Å². The van der Waals surface area contributed by atoms with Crippen molar-refractivity contribution in [1.29, 1.82) is 0 Å². The fraction of sp³-hybridized carbons (Fsp3) is 0.800. The quantitative estimate of drug-likeness (QED) is 0.646. The number of nitrogens with one attached hydrogen (secondary N) is 2. The molecule has 2 amide bonds. The van der Waals surface area contributed by atoms with Gasteiger partial charge in [-0.25, -0.2) is 10.2 Å². The Balaban J connectivity index is 2.29. The van der Waals surface area contributed by atoms with E-state index in [1.165, 1.54) is 0 Å². The number of hydrogen-bond donors (Lipinski definition) is 2. The third kappa shape index (κ3) is 3.37.